The highest BCUT2D eigenvalue weighted by Crippen LogP contribution is 2.21. The van der Waals surface area contributed by atoms with Crippen LogP contribution in [-0.2, 0) is 13.2 Å². The van der Waals surface area contributed by atoms with Crippen LogP contribution in [0.15, 0.2) is 53.7 Å². The van der Waals surface area contributed by atoms with E-state index in [0.717, 1.165) is 37.0 Å². The van der Waals surface area contributed by atoms with Crippen molar-refractivity contribution >= 4 is 17.7 Å². The molecular formula is C21H28N4OS. The Balaban J connectivity index is 1.49. The molecule has 27 heavy (non-hydrogen) atoms. The second-order valence-electron chi connectivity index (χ2n) is 6.50. The predicted octanol–water partition coefficient (Wildman–Crippen LogP) is 3.56. The van der Waals surface area contributed by atoms with Crippen molar-refractivity contribution < 1.29 is 4.74 Å². The van der Waals surface area contributed by atoms with Crippen LogP contribution in [0.5, 0.6) is 5.75 Å². The number of benzene rings is 1. The summed E-state index contributed by atoms with van der Waals surface area (Å²) in [5.74, 6) is 3.01. The zero-order chi connectivity index (χ0) is 18.9. The van der Waals surface area contributed by atoms with E-state index in [9.17, 15) is 0 Å². The molecule has 0 amide bonds. The molecule has 1 aromatic heterocycles. The van der Waals surface area contributed by atoms with Crippen molar-refractivity contribution in [3.05, 3.63) is 59.9 Å². The average molecular weight is 385 g/mol. The molecule has 1 aliphatic rings. The normalized spacial score (nSPS) is 17.6. The Morgan fingerprint density at radius 2 is 2.15 bits per heavy atom. The molecular weight excluding hydrogens is 356 g/mol. The summed E-state index contributed by atoms with van der Waals surface area (Å²) in [5, 5.41) is 4.19. The van der Waals surface area contributed by atoms with Crippen LogP contribution in [0.4, 0.5) is 0 Å². The van der Waals surface area contributed by atoms with Crippen LogP contribution in [0.1, 0.15) is 24.6 Å². The fourth-order valence-corrected chi connectivity index (χ4v) is 4.20. The number of aromatic nitrogens is 1. The maximum Gasteiger partial charge on any atom is 0.193 e. The lowest BCUT2D eigenvalue weighted by atomic mass is 10.2. The number of hydrogen-bond acceptors (Lipinski definition) is 4. The second-order valence-corrected chi connectivity index (χ2v) is 7.91. The molecule has 144 valence electrons. The van der Waals surface area contributed by atoms with Gasteiger partial charge in [0.25, 0.3) is 0 Å². The number of guanidine groups is 1. The lowest BCUT2D eigenvalue weighted by Crippen LogP contribution is -2.47. The smallest absolute Gasteiger partial charge is 0.193 e. The van der Waals surface area contributed by atoms with Gasteiger partial charge >= 0.3 is 0 Å². The van der Waals surface area contributed by atoms with Gasteiger partial charge in [-0.1, -0.05) is 25.1 Å². The van der Waals surface area contributed by atoms with Gasteiger partial charge in [0.15, 0.2) is 5.96 Å². The first-order valence-electron chi connectivity index (χ1n) is 9.47. The van der Waals surface area contributed by atoms with Crippen molar-refractivity contribution in [1.82, 2.24) is 15.2 Å². The first-order chi connectivity index (χ1) is 13.3. The van der Waals surface area contributed by atoms with Gasteiger partial charge in [0, 0.05) is 43.9 Å². The fourth-order valence-electron chi connectivity index (χ4n) is 3.02. The van der Waals surface area contributed by atoms with Crippen LogP contribution in [0.3, 0.4) is 0 Å². The Morgan fingerprint density at radius 3 is 2.85 bits per heavy atom. The van der Waals surface area contributed by atoms with Gasteiger partial charge in [0.1, 0.15) is 12.4 Å². The molecule has 3 rings (SSSR count). The minimum atomic E-state index is 0.483. The number of aliphatic imine (C=N–C) groups is 1. The topological polar surface area (TPSA) is 49.8 Å². The van der Waals surface area contributed by atoms with E-state index in [0.29, 0.717) is 11.9 Å². The molecule has 2 heterocycles. The molecule has 0 aliphatic carbocycles. The lowest BCUT2D eigenvalue weighted by molar-refractivity contribution is 0.301. The molecule has 1 aromatic carbocycles. The van der Waals surface area contributed by atoms with Crippen molar-refractivity contribution in [2.24, 2.45) is 4.99 Å². The van der Waals surface area contributed by atoms with Gasteiger partial charge in [0.2, 0.25) is 0 Å². The van der Waals surface area contributed by atoms with Gasteiger partial charge in [-0.2, -0.15) is 11.8 Å². The largest absolute Gasteiger partial charge is 0.487 e. The number of pyridine rings is 1. The molecule has 1 atom stereocenters. The molecule has 5 nitrogen and oxygen atoms in total. The molecule has 1 saturated heterocycles. The standard InChI is InChI=1S/C21H28N4OS/c1-3-20-15-25(12-13-27-20)21(22-2)24-14-17-7-9-19(10-8-17)26-16-18-6-4-5-11-23-18/h4-11,20H,3,12-16H2,1-2H3,(H,22,24). The van der Waals surface area contributed by atoms with E-state index in [4.69, 9.17) is 4.74 Å². The molecule has 1 fully saturated rings. The minimum absolute atomic E-state index is 0.483. The van der Waals surface area contributed by atoms with Crippen molar-refractivity contribution in [2.75, 3.05) is 25.9 Å². The average Bonchev–Trinajstić information content (AvgIpc) is 2.74. The Morgan fingerprint density at radius 1 is 1.30 bits per heavy atom. The first-order valence-corrected chi connectivity index (χ1v) is 10.5. The van der Waals surface area contributed by atoms with Crippen LogP contribution >= 0.6 is 11.8 Å². The Hall–Kier alpha value is -2.21. The molecule has 2 aromatic rings. The number of hydrogen-bond donors (Lipinski definition) is 1. The molecule has 0 spiro atoms. The van der Waals surface area contributed by atoms with Crippen LogP contribution in [0.25, 0.3) is 0 Å². The summed E-state index contributed by atoms with van der Waals surface area (Å²) in [6, 6.07) is 14.0. The second kappa shape index (κ2) is 10.2. The van der Waals surface area contributed by atoms with Gasteiger partial charge in [-0.3, -0.25) is 9.98 Å². The van der Waals surface area contributed by atoms with E-state index in [1.807, 2.05) is 37.4 Å². The number of ether oxygens (including phenoxy) is 1. The molecule has 1 aliphatic heterocycles. The van der Waals surface area contributed by atoms with Gasteiger partial charge in [-0.25, -0.2) is 0 Å². The predicted molar refractivity (Wildman–Crippen MR) is 113 cm³/mol. The molecule has 0 radical (unpaired) electrons. The Labute approximate surface area is 166 Å². The molecule has 6 heteroatoms. The summed E-state index contributed by atoms with van der Waals surface area (Å²) in [6.45, 7) is 5.63. The number of nitrogens with one attached hydrogen (secondary N) is 1. The van der Waals surface area contributed by atoms with E-state index in [-0.39, 0.29) is 0 Å². The summed E-state index contributed by atoms with van der Waals surface area (Å²) in [4.78, 5) is 11.1. The maximum absolute atomic E-state index is 5.80. The van der Waals surface area contributed by atoms with E-state index < -0.39 is 0 Å². The minimum Gasteiger partial charge on any atom is -0.487 e. The summed E-state index contributed by atoms with van der Waals surface area (Å²) >= 11 is 2.07. The van der Waals surface area contributed by atoms with E-state index in [2.05, 4.69) is 51.0 Å². The molecule has 0 saturated carbocycles. The third-order valence-electron chi connectivity index (χ3n) is 4.59. The zero-order valence-electron chi connectivity index (χ0n) is 16.1. The number of rotatable bonds is 6. The van der Waals surface area contributed by atoms with E-state index >= 15 is 0 Å². The summed E-state index contributed by atoms with van der Waals surface area (Å²) in [5.41, 5.74) is 2.14. The quantitative estimate of drug-likeness (QED) is 0.610. The highest BCUT2D eigenvalue weighted by molar-refractivity contribution is 8.00. The maximum atomic E-state index is 5.80. The third-order valence-corrected chi connectivity index (χ3v) is 5.96. The molecule has 1 N–H and O–H groups in total. The van der Waals surface area contributed by atoms with Crippen LogP contribution in [0.2, 0.25) is 0 Å². The Bertz CT molecular complexity index is 721. The summed E-state index contributed by atoms with van der Waals surface area (Å²) in [6.07, 6.45) is 2.99. The lowest BCUT2D eigenvalue weighted by Gasteiger charge is -2.34. The highest BCUT2D eigenvalue weighted by Gasteiger charge is 2.21. The molecule has 1 unspecified atom stereocenters. The molecule has 0 bridgehead atoms. The van der Waals surface area contributed by atoms with Gasteiger partial charge in [0.05, 0.1) is 5.69 Å². The number of thioether (sulfide) groups is 1. The van der Waals surface area contributed by atoms with Crippen LogP contribution in [0, 0.1) is 0 Å². The summed E-state index contributed by atoms with van der Waals surface area (Å²) in [7, 11) is 1.86. The zero-order valence-corrected chi connectivity index (χ0v) is 16.9. The fraction of sp³-hybridized carbons (Fsp3) is 0.429. The monoisotopic (exact) mass is 384 g/mol. The van der Waals surface area contributed by atoms with Crippen LogP contribution in [-0.4, -0.2) is 47.0 Å². The summed E-state index contributed by atoms with van der Waals surface area (Å²) < 4.78 is 5.80. The highest BCUT2D eigenvalue weighted by atomic mass is 32.2. The number of nitrogens with zero attached hydrogens (tertiary/aromatic N) is 3. The SMILES string of the molecule is CCC1CN(C(=NC)NCc2ccc(OCc3ccccn3)cc2)CCS1. The van der Waals surface area contributed by atoms with Crippen molar-refractivity contribution in [2.45, 2.75) is 31.7 Å². The van der Waals surface area contributed by atoms with E-state index in [1.54, 1.807) is 6.20 Å². The van der Waals surface area contributed by atoms with Gasteiger partial charge in [-0.15, -0.1) is 0 Å². The van der Waals surface area contributed by atoms with Crippen molar-refractivity contribution in [3.8, 4) is 5.75 Å². The van der Waals surface area contributed by atoms with Gasteiger partial charge < -0.3 is 15.0 Å². The third kappa shape index (κ3) is 5.89. The van der Waals surface area contributed by atoms with Crippen molar-refractivity contribution in [1.29, 1.82) is 0 Å². The van der Waals surface area contributed by atoms with Crippen molar-refractivity contribution in [3.63, 3.8) is 0 Å². The first kappa shape index (κ1) is 19.5. The van der Waals surface area contributed by atoms with Gasteiger partial charge in [-0.05, 0) is 36.2 Å². The van der Waals surface area contributed by atoms with E-state index in [1.165, 1.54) is 17.7 Å². The Kier molecular flexibility index (Phi) is 7.39. The van der Waals surface area contributed by atoms with Crippen LogP contribution < -0.4 is 10.1 Å².